The number of hydrogen-bond acceptors (Lipinski definition) is 1. The van der Waals surface area contributed by atoms with Gasteiger partial charge in [0.2, 0.25) is 0 Å². The average molecular weight is 190 g/mol. The van der Waals surface area contributed by atoms with Crippen LogP contribution in [0.25, 0.3) is 0 Å². The van der Waals surface area contributed by atoms with Gasteiger partial charge in [0.05, 0.1) is 0 Å². The second kappa shape index (κ2) is 6.80. The van der Waals surface area contributed by atoms with Crippen LogP contribution < -0.4 is 0 Å². The van der Waals surface area contributed by atoms with Gasteiger partial charge in [0.25, 0.3) is 0 Å². The van der Waals surface area contributed by atoms with Crippen molar-refractivity contribution in [3.63, 3.8) is 0 Å². The van der Waals surface area contributed by atoms with Crippen LogP contribution in [0.5, 0.6) is 0 Å². The van der Waals surface area contributed by atoms with Crippen LogP contribution in [0.15, 0.2) is 11.1 Å². The molecule has 0 aliphatic carbocycles. The summed E-state index contributed by atoms with van der Waals surface area (Å²) in [5, 5.41) is 8.90. The summed E-state index contributed by atoms with van der Waals surface area (Å²) in [6.07, 6.45) is 0.798. The summed E-state index contributed by atoms with van der Waals surface area (Å²) in [5.41, 5.74) is 1.15. The normalized spacial score (nSPS) is 10.2. The van der Waals surface area contributed by atoms with Gasteiger partial charge < -0.3 is 5.11 Å². The molecule has 0 unspecified atom stereocenters. The van der Waals surface area contributed by atoms with E-state index >= 15 is 0 Å². The minimum absolute atomic E-state index is 0.295. The van der Waals surface area contributed by atoms with Gasteiger partial charge >= 0.3 is 5.97 Å². The Bertz CT molecular complexity index is 353. The minimum Gasteiger partial charge on any atom is -0.478 e. The molecule has 2 nitrogen and oxygen atoms in total. The van der Waals surface area contributed by atoms with Crippen LogP contribution in [0, 0.1) is 23.7 Å². The van der Waals surface area contributed by atoms with Crippen molar-refractivity contribution in [1.82, 2.24) is 0 Å². The Morgan fingerprint density at radius 3 is 2.07 bits per heavy atom. The first-order chi connectivity index (χ1) is 6.63. The molecule has 0 aliphatic heterocycles. The first-order valence-corrected chi connectivity index (χ1v) is 4.34. The fourth-order valence-electron chi connectivity index (χ4n) is 0.913. The van der Waals surface area contributed by atoms with Crippen molar-refractivity contribution < 1.29 is 9.90 Å². The van der Waals surface area contributed by atoms with E-state index in [4.69, 9.17) is 5.11 Å². The van der Waals surface area contributed by atoms with Crippen molar-refractivity contribution in [2.75, 3.05) is 0 Å². The van der Waals surface area contributed by atoms with Crippen molar-refractivity contribution in [2.45, 2.75) is 33.6 Å². The lowest BCUT2D eigenvalue weighted by molar-refractivity contribution is -0.132. The molecule has 0 amide bonds. The highest BCUT2D eigenvalue weighted by Gasteiger charge is 2.08. The third-order valence-corrected chi connectivity index (χ3v) is 1.75. The molecule has 0 aromatic rings. The van der Waals surface area contributed by atoms with E-state index in [9.17, 15) is 4.79 Å². The second-order valence-electron chi connectivity index (χ2n) is 2.77. The third kappa shape index (κ3) is 4.38. The summed E-state index contributed by atoms with van der Waals surface area (Å²) in [6.45, 7) is 5.21. The fourth-order valence-corrected chi connectivity index (χ4v) is 0.913. The van der Waals surface area contributed by atoms with Crippen LogP contribution >= 0.6 is 0 Å². The van der Waals surface area contributed by atoms with Crippen molar-refractivity contribution >= 4 is 5.97 Å². The van der Waals surface area contributed by atoms with Gasteiger partial charge in [-0.2, -0.15) is 0 Å². The first-order valence-electron chi connectivity index (χ1n) is 4.34. The lowest BCUT2D eigenvalue weighted by Crippen LogP contribution is -2.02. The molecular formula is C12H14O2. The molecule has 0 bridgehead atoms. The maximum atomic E-state index is 10.8. The topological polar surface area (TPSA) is 37.3 Å². The Balaban J connectivity index is 4.78. The maximum Gasteiger partial charge on any atom is 0.332 e. The van der Waals surface area contributed by atoms with E-state index in [1.165, 1.54) is 0 Å². The van der Waals surface area contributed by atoms with E-state index in [-0.39, 0.29) is 0 Å². The third-order valence-electron chi connectivity index (χ3n) is 1.75. The number of hydrogen-bond donors (Lipinski definition) is 1. The molecule has 0 fully saturated rings. The Morgan fingerprint density at radius 2 is 1.64 bits per heavy atom. The van der Waals surface area contributed by atoms with E-state index in [1.807, 2.05) is 0 Å². The summed E-state index contributed by atoms with van der Waals surface area (Å²) in [4.78, 5) is 10.8. The first kappa shape index (κ1) is 12.3. The number of aliphatic carboxylic acids is 1. The summed E-state index contributed by atoms with van der Waals surface area (Å²) in [5.74, 6) is 10.1. The molecule has 0 spiro atoms. The maximum absolute atomic E-state index is 10.8. The molecule has 1 N–H and O–H groups in total. The quantitative estimate of drug-likeness (QED) is 0.547. The Labute approximate surface area is 85.0 Å². The van der Waals surface area contributed by atoms with Crippen molar-refractivity contribution in [2.24, 2.45) is 0 Å². The van der Waals surface area contributed by atoms with Gasteiger partial charge in [-0.15, -0.1) is 11.8 Å². The number of allylic oxidation sites excluding steroid dienone is 1. The molecule has 14 heavy (non-hydrogen) atoms. The van der Waals surface area contributed by atoms with Crippen molar-refractivity contribution in [1.29, 1.82) is 0 Å². The summed E-state index contributed by atoms with van der Waals surface area (Å²) in [7, 11) is 0. The summed E-state index contributed by atoms with van der Waals surface area (Å²) < 4.78 is 0. The van der Waals surface area contributed by atoms with Gasteiger partial charge in [-0.1, -0.05) is 11.8 Å². The summed E-state index contributed by atoms with van der Waals surface area (Å²) in [6, 6.07) is 0. The van der Waals surface area contributed by atoms with E-state index in [1.54, 1.807) is 20.8 Å². The highest BCUT2D eigenvalue weighted by molar-refractivity contribution is 5.88. The fraction of sp³-hybridized carbons (Fsp3) is 0.417. The van der Waals surface area contributed by atoms with E-state index in [0.717, 1.165) is 5.57 Å². The minimum atomic E-state index is -0.900. The van der Waals surface area contributed by atoms with E-state index in [2.05, 4.69) is 23.7 Å². The number of rotatable bonds is 3. The lowest BCUT2D eigenvalue weighted by Gasteiger charge is -2.01. The summed E-state index contributed by atoms with van der Waals surface area (Å²) >= 11 is 0. The van der Waals surface area contributed by atoms with Gasteiger partial charge in [-0.3, -0.25) is 0 Å². The molecule has 0 atom stereocenters. The molecule has 0 radical (unpaired) electrons. The molecular weight excluding hydrogens is 176 g/mol. The SMILES string of the molecule is CC#CC/C(C)=C(\CC#CC)C(=O)O. The largest absolute Gasteiger partial charge is 0.478 e. The van der Waals surface area contributed by atoms with Crippen LogP contribution in [-0.4, -0.2) is 11.1 Å². The Kier molecular flexibility index (Phi) is 5.99. The van der Waals surface area contributed by atoms with Crippen LogP contribution in [0.4, 0.5) is 0 Å². The second-order valence-corrected chi connectivity index (χ2v) is 2.77. The molecule has 0 saturated carbocycles. The van der Waals surface area contributed by atoms with Gasteiger partial charge in [0.1, 0.15) is 0 Å². The van der Waals surface area contributed by atoms with E-state index < -0.39 is 5.97 Å². The Morgan fingerprint density at radius 1 is 1.14 bits per heavy atom. The average Bonchev–Trinajstić information content (AvgIpc) is 2.14. The monoisotopic (exact) mass is 190 g/mol. The van der Waals surface area contributed by atoms with Crippen LogP contribution in [0.2, 0.25) is 0 Å². The molecule has 0 aliphatic rings. The molecule has 2 heteroatoms. The zero-order valence-electron chi connectivity index (χ0n) is 8.77. The predicted octanol–water partition coefficient (Wildman–Crippen LogP) is 2.21. The number of carbonyl (C=O) groups is 1. The molecule has 0 aromatic heterocycles. The van der Waals surface area contributed by atoms with Gasteiger partial charge in [0, 0.05) is 18.4 Å². The van der Waals surface area contributed by atoms with E-state index in [0.29, 0.717) is 18.4 Å². The van der Waals surface area contributed by atoms with Crippen LogP contribution in [0.3, 0.4) is 0 Å². The van der Waals surface area contributed by atoms with Crippen molar-refractivity contribution in [3.05, 3.63) is 11.1 Å². The van der Waals surface area contributed by atoms with Gasteiger partial charge in [0.15, 0.2) is 0 Å². The van der Waals surface area contributed by atoms with Crippen molar-refractivity contribution in [3.8, 4) is 23.7 Å². The molecule has 74 valence electrons. The molecule has 0 aromatic carbocycles. The van der Waals surface area contributed by atoms with Gasteiger partial charge in [-0.05, 0) is 26.3 Å². The zero-order chi connectivity index (χ0) is 11.0. The smallest absolute Gasteiger partial charge is 0.332 e. The standard InChI is InChI=1S/C12H14O2/c1-4-6-8-10(3)11(12(13)14)9-7-5-2/h8-9H2,1-3H3,(H,13,14)/b11-10+. The molecule has 0 saturated heterocycles. The molecule has 0 rings (SSSR count). The van der Waals surface area contributed by atoms with Crippen LogP contribution in [-0.2, 0) is 4.79 Å². The van der Waals surface area contributed by atoms with Crippen LogP contribution in [0.1, 0.15) is 33.6 Å². The number of carboxylic acid groups (broad SMARTS) is 1. The zero-order valence-corrected chi connectivity index (χ0v) is 8.77. The van der Waals surface area contributed by atoms with Gasteiger partial charge in [-0.25, -0.2) is 4.79 Å². The highest BCUT2D eigenvalue weighted by atomic mass is 16.4. The lowest BCUT2D eigenvalue weighted by atomic mass is 10.0. The molecule has 0 heterocycles. The number of carboxylic acids is 1. The highest BCUT2D eigenvalue weighted by Crippen LogP contribution is 2.11. The predicted molar refractivity (Wildman–Crippen MR) is 56.5 cm³/mol. The Hall–Kier alpha value is -1.67.